The zero-order valence-corrected chi connectivity index (χ0v) is 13.1. The van der Waals surface area contributed by atoms with E-state index in [2.05, 4.69) is 26.9 Å². The first kappa shape index (κ1) is 14.4. The highest BCUT2D eigenvalue weighted by Crippen LogP contribution is 2.26. The summed E-state index contributed by atoms with van der Waals surface area (Å²) in [6, 6.07) is 14.0. The SMILES string of the molecule is CN(Cc1ccccc1Cl)c1cc(Br)ccc1CN. The van der Waals surface area contributed by atoms with Crippen molar-refractivity contribution < 1.29 is 0 Å². The summed E-state index contributed by atoms with van der Waals surface area (Å²) in [5.74, 6) is 0. The fourth-order valence-corrected chi connectivity index (χ4v) is 2.58. The highest BCUT2D eigenvalue weighted by atomic mass is 79.9. The molecule has 0 saturated carbocycles. The Bertz CT molecular complexity index is 572. The van der Waals surface area contributed by atoms with Gasteiger partial charge in [0.1, 0.15) is 0 Å². The Morgan fingerprint density at radius 3 is 2.58 bits per heavy atom. The number of halogens is 2. The van der Waals surface area contributed by atoms with Gasteiger partial charge in [0.2, 0.25) is 0 Å². The first-order valence-corrected chi connectivity index (χ1v) is 7.22. The quantitative estimate of drug-likeness (QED) is 0.904. The largest absolute Gasteiger partial charge is 0.370 e. The van der Waals surface area contributed by atoms with Crippen molar-refractivity contribution in [1.29, 1.82) is 0 Å². The summed E-state index contributed by atoms with van der Waals surface area (Å²) in [7, 11) is 2.05. The van der Waals surface area contributed by atoms with E-state index in [9.17, 15) is 0 Å². The molecule has 0 radical (unpaired) electrons. The van der Waals surface area contributed by atoms with Crippen LogP contribution in [0.5, 0.6) is 0 Å². The first-order valence-electron chi connectivity index (χ1n) is 6.05. The summed E-state index contributed by atoms with van der Waals surface area (Å²) in [5.41, 5.74) is 9.14. The molecule has 100 valence electrons. The lowest BCUT2D eigenvalue weighted by Crippen LogP contribution is -2.19. The van der Waals surface area contributed by atoms with Crippen LogP contribution in [0.3, 0.4) is 0 Å². The lowest BCUT2D eigenvalue weighted by Gasteiger charge is -2.23. The molecule has 2 N–H and O–H groups in total. The molecule has 0 atom stereocenters. The number of hydrogen-bond donors (Lipinski definition) is 1. The third-order valence-corrected chi connectivity index (χ3v) is 3.91. The molecule has 2 aromatic rings. The van der Waals surface area contributed by atoms with Crippen molar-refractivity contribution in [2.45, 2.75) is 13.1 Å². The van der Waals surface area contributed by atoms with Crippen LogP contribution in [-0.4, -0.2) is 7.05 Å². The Hall–Kier alpha value is -1.03. The Labute approximate surface area is 127 Å². The van der Waals surface area contributed by atoms with E-state index in [0.717, 1.165) is 32.9 Å². The van der Waals surface area contributed by atoms with E-state index in [0.29, 0.717) is 6.54 Å². The summed E-state index contributed by atoms with van der Waals surface area (Å²) in [6.07, 6.45) is 0. The Balaban J connectivity index is 2.27. The van der Waals surface area contributed by atoms with Crippen molar-refractivity contribution in [2.24, 2.45) is 5.73 Å². The molecule has 0 aliphatic heterocycles. The van der Waals surface area contributed by atoms with Gasteiger partial charge in [0.25, 0.3) is 0 Å². The Morgan fingerprint density at radius 2 is 1.89 bits per heavy atom. The van der Waals surface area contributed by atoms with Crippen LogP contribution in [0.4, 0.5) is 5.69 Å². The molecular weight excluding hydrogens is 324 g/mol. The van der Waals surface area contributed by atoms with Crippen molar-refractivity contribution in [3.63, 3.8) is 0 Å². The molecule has 19 heavy (non-hydrogen) atoms. The topological polar surface area (TPSA) is 29.3 Å². The minimum Gasteiger partial charge on any atom is -0.370 e. The zero-order valence-electron chi connectivity index (χ0n) is 10.7. The van der Waals surface area contributed by atoms with Crippen LogP contribution >= 0.6 is 27.5 Å². The highest BCUT2D eigenvalue weighted by molar-refractivity contribution is 9.10. The van der Waals surface area contributed by atoms with E-state index in [1.54, 1.807) is 0 Å². The smallest absolute Gasteiger partial charge is 0.0455 e. The second kappa shape index (κ2) is 6.42. The van der Waals surface area contributed by atoms with Gasteiger partial charge in [-0.3, -0.25) is 0 Å². The van der Waals surface area contributed by atoms with Crippen LogP contribution < -0.4 is 10.6 Å². The molecule has 0 spiro atoms. The standard InChI is InChI=1S/C15H16BrClN2/c1-19(10-12-4-2-3-5-14(12)17)15-8-13(16)7-6-11(15)9-18/h2-8H,9-10,18H2,1H3. The zero-order chi connectivity index (χ0) is 13.8. The second-order valence-electron chi connectivity index (χ2n) is 4.42. The second-order valence-corrected chi connectivity index (χ2v) is 5.75. The molecule has 2 aromatic carbocycles. The fourth-order valence-electron chi connectivity index (χ4n) is 2.03. The molecule has 2 nitrogen and oxygen atoms in total. The average molecular weight is 340 g/mol. The molecular formula is C15H16BrClN2. The summed E-state index contributed by atoms with van der Waals surface area (Å²) < 4.78 is 1.05. The number of anilines is 1. The summed E-state index contributed by atoms with van der Waals surface area (Å²) in [5, 5.41) is 0.790. The van der Waals surface area contributed by atoms with E-state index >= 15 is 0 Å². The van der Waals surface area contributed by atoms with Gasteiger partial charge in [0, 0.05) is 35.3 Å². The number of nitrogens with zero attached hydrogens (tertiary/aromatic N) is 1. The van der Waals surface area contributed by atoms with Gasteiger partial charge in [-0.25, -0.2) is 0 Å². The molecule has 0 bridgehead atoms. The van der Waals surface area contributed by atoms with E-state index < -0.39 is 0 Å². The van der Waals surface area contributed by atoms with Crippen molar-refractivity contribution in [2.75, 3.05) is 11.9 Å². The van der Waals surface area contributed by atoms with E-state index in [-0.39, 0.29) is 0 Å². The summed E-state index contributed by atoms with van der Waals surface area (Å²) >= 11 is 9.70. The van der Waals surface area contributed by atoms with Crippen LogP contribution in [0.2, 0.25) is 5.02 Å². The maximum Gasteiger partial charge on any atom is 0.0455 e. The Morgan fingerprint density at radius 1 is 1.16 bits per heavy atom. The van der Waals surface area contributed by atoms with Gasteiger partial charge in [-0.05, 0) is 29.3 Å². The van der Waals surface area contributed by atoms with Gasteiger partial charge < -0.3 is 10.6 Å². The minimum absolute atomic E-state index is 0.523. The molecule has 0 unspecified atom stereocenters. The molecule has 0 aromatic heterocycles. The predicted molar refractivity (Wildman–Crippen MR) is 85.6 cm³/mol. The highest BCUT2D eigenvalue weighted by Gasteiger charge is 2.09. The van der Waals surface area contributed by atoms with Crippen molar-refractivity contribution >= 4 is 33.2 Å². The molecule has 0 amide bonds. The van der Waals surface area contributed by atoms with Crippen LogP contribution in [0.25, 0.3) is 0 Å². The first-order chi connectivity index (χ1) is 9.11. The van der Waals surface area contributed by atoms with Gasteiger partial charge in [-0.2, -0.15) is 0 Å². The van der Waals surface area contributed by atoms with Crippen molar-refractivity contribution in [1.82, 2.24) is 0 Å². The minimum atomic E-state index is 0.523. The fraction of sp³-hybridized carbons (Fsp3) is 0.200. The molecule has 2 rings (SSSR count). The summed E-state index contributed by atoms with van der Waals surface area (Å²) in [4.78, 5) is 2.16. The van der Waals surface area contributed by atoms with Crippen LogP contribution in [0.1, 0.15) is 11.1 Å². The Kier molecular flexibility index (Phi) is 4.86. The lowest BCUT2D eigenvalue weighted by atomic mass is 10.1. The van der Waals surface area contributed by atoms with Crippen LogP contribution in [0.15, 0.2) is 46.9 Å². The van der Waals surface area contributed by atoms with Gasteiger partial charge in [0.15, 0.2) is 0 Å². The maximum absolute atomic E-state index is 6.20. The molecule has 0 fully saturated rings. The average Bonchev–Trinajstić information content (AvgIpc) is 2.41. The molecule has 0 heterocycles. The monoisotopic (exact) mass is 338 g/mol. The van der Waals surface area contributed by atoms with Gasteiger partial charge in [-0.1, -0.05) is 51.8 Å². The number of benzene rings is 2. The van der Waals surface area contributed by atoms with Gasteiger partial charge in [0.05, 0.1) is 0 Å². The normalized spacial score (nSPS) is 10.5. The molecule has 0 aliphatic carbocycles. The number of nitrogens with two attached hydrogens (primary N) is 1. The van der Waals surface area contributed by atoms with E-state index in [1.165, 1.54) is 0 Å². The van der Waals surface area contributed by atoms with Crippen molar-refractivity contribution in [3.05, 3.63) is 63.1 Å². The number of rotatable bonds is 4. The van der Waals surface area contributed by atoms with Gasteiger partial charge >= 0.3 is 0 Å². The third kappa shape index (κ3) is 3.50. The molecule has 0 saturated heterocycles. The van der Waals surface area contributed by atoms with Gasteiger partial charge in [-0.15, -0.1) is 0 Å². The number of hydrogen-bond acceptors (Lipinski definition) is 2. The molecule has 4 heteroatoms. The van der Waals surface area contributed by atoms with Crippen molar-refractivity contribution in [3.8, 4) is 0 Å². The lowest BCUT2D eigenvalue weighted by molar-refractivity contribution is 0.903. The third-order valence-electron chi connectivity index (χ3n) is 3.04. The van der Waals surface area contributed by atoms with Crippen LogP contribution in [-0.2, 0) is 13.1 Å². The van der Waals surface area contributed by atoms with Crippen LogP contribution in [0, 0.1) is 0 Å². The molecule has 0 aliphatic rings. The van der Waals surface area contributed by atoms with E-state index in [1.807, 2.05) is 43.4 Å². The predicted octanol–water partition coefficient (Wildman–Crippen LogP) is 4.20. The van der Waals surface area contributed by atoms with E-state index in [4.69, 9.17) is 17.3 Å². The summed E-state index contributed by atoms with van der Waals surface area (Å²) in [6.45, 7) is 1.28. The maximum atomic E-state index is 6.20.